The molecule has 2 aromatic carbocycles. The third-order valence-electron chi connectivity index (χ3n) is 3.35. The number of rotatable bonds is 4. The molecule has 0 bridgehead atoms. The average molecular weight is 315 g/mol. The highest BCUT2D eigenvalue weighted by Gasteiger charge is 2.06. The number of aryl methyl sites for hydroxylation is 1. The molecule has 5 heteroatoms. The number of amides is 1. The molecule has 0 aliphatic carbocycles. The number of carbonyl (C=O) groups excluding carboxylic acids is 1. The largest absolute Gasteiger partial charge is 0.441 e. The zero-order valence-corrected chi connectivity index (χ0v) is 12.9. The van der Waals surface area contributed by atoms with Gasteiger partial charge in [0, 0.05) is 24.1 Å². The van der Waals surface area contributed by atoms with Crippen LogP contribution in [0, 0.1) is 6.92 Å². The summed E-state index contributed by atoms with van der Waals surface area (Å²) in [6.07, 6.45) is 0.724. The number of aromatic nitrogens is 1. The van der Waals surface area contributed by atoms with Gasteiger partial charge in [-0.2, -0.15) is 0 Å². The predicted octanol–water partition coefficient (Wildman–Crippen LogP) is 3.76. The number of nitrogens with one attached hydrogen (secondary N) is 1. The maximum absolute atomic E-state index is 12.0. The van der Waals surface area contributed by atoms with Crippen molar-refractivity contribution < 1.29 is 9.21 Å². The number of benzene rings is 2. The van der Waals surface area contributed by atoms with E-state index in [0.717, 1.165) is 23.1 Å². The molecule has 0 atom stereocenters. The lowest BCUT2D eigenvalue weighted by atomic mass is 10.1. The fourth-order valence-corrected chi connectivity index (χ4v) is 2.48. The molecule has 0 fully saturated rings. The molecule has 3 rings (SSSR count). The Balaban J connectivity index is 1.60. The quantitative estimate of drug-likeness (QED) is 0.797. The van der Waals surface area contributed by atoms with Crippen molar-refractivity contribution in [1.29, 1.82) is 0 Å². The molecular formula is C17H15ClN2O2. The first-order valence-electron chi connectivity index (χ1n) is 7.02. The topological polar surface area (TPSA) is 55.1 Å². The van der Waals surface area contributed by atoms with Crippen molar-refractivity contribution in [2.45, 2.75) is 13.3 Å². The normalized spacial score (nSPS) is 10.8. The van der Waals surface area contributed by atoms with E-state index in [4.69, 9.17) is 16.0 Å². The second-order valence-corrected chi connectivity index (χ2v) is 5.49. The van der Waals surface area contributed by atoms with Gasteiger partial charge in [0.1, 0.15) is 5.52 Å². The highest BCUT2D eigenvalue weighted by Crippen LogP contribution is 2.17. The molecule has 0 spiro atoms. The summed E-state index contributed by atoms with van der Waals surface area (Å²) in [6, 6.07) is 12.8. The smallest absolute Gasteiger partial charge is 0.251 e. The fourth-order valence-electron chi connectivity index (χ4n) is 2.29. The summed E-state index contributed by atoms with van der Waals surface area (Å²) in [6.45, 7) is 2.37. The van der Waals surface area contributed by atoms with Gasteiger partial charge in [0.05, 0.1) is 0 Å². The Kier molecular flexibility index (Phi) is 4.11. The van der Waals surface area contributed by atoms with E-state index < -0.39 is 0 Å². The summed E-state index contributed by atoms with van der Waals surface area (Å²) in [5.41, 5.74) is 3.28. The van der Waals surface area contributed by atoms with Crippen LogP contribution in [0.15, 0.2) is 46.9 Å². The highest BCUT2D eigenvalue weighted by atomic mass is 35.5. The molecule has 3 aromatic rings. The lowest BCUT2D eigenvalue weighted by Gasteiger charge is -2.05. The minimum atomic E-state index is -0.126. The van der Waals surface area contributed by atoms with E-state index in [1.165, 1.54) is 0 Å². The summed E-state index contributed by atoms with van der Waals surface area (Å²) in [5, 5.41) is 3.44. The summed E-state index contributed by atoms with van der Waals surface area (Å²) >= 11 is 5.88. The number of carbonyl (C=O) groups is 1. The van der Waals surface area contributed by atoms with Crippen LogP contribution in [0.1, 0.15) is 21.8 Å². The SMILES string of the molecule is Cc1nc2ccc(CCNC(=O)c3cccc(Cl)c3)cc2o1. The van der Waals surface area contributed by atoms with E-state index >= 15 is 0 Å². The summed E-state index contributed by atoms with van der Waals surface area (Å²) in [7, 11) is 0. The van der Waals surface area contributed by atoms with Crippen molar-refractivity contribution in [3.8, 4) is 0 Å². The third-order valence-corrected chi connectivity index (χ3v) is 3.58. The van der Waals surface area contributed by atoms with Crippen LogP contribution in [0.5, 0.6) is 0 Å². The molecular weight excluding hydrogens is 300 g/mol. The summed E-state index contributed by atoms with van der Waals surface area (Å²) in [5.74, 6) is 0.528. The Morgan fingerprint density at radius 1 is 1.27 bits per heavy atom. The van der Waals surface area contributed by atoms with Gasteiger partial charge in [-0.15, -0.1) is 0 Å². The Hall–Kier alpha value is -2.33. The van der Waals surface area contributed by atoms with Crippen molar-refractivity contribution in [3.05, 3.63) is 64.5 Å². The van der Waals surface area contributed by atoms with Crippen LogP contribution in [0.4, 0.5) is 0 Å². The van der Waals surface area contributed by atoms with Crippen LogP contribution in [0.2, 0.25) is 5.02 Å². The van der Waals surface area contributed by atoms with Crippen LogP contribution in [-0.2, 0) is 6.42 Å². The van der Waals surface area contributed by atoms with Gasteiger partial charge in [-0.05, 0) is 42.3 Å². The molecule has 0 radical (unpaired) electrons. The van der Waals surface area contributed by atoms with Crippen molar-refractivity contribution in [2.75, 3.05) is 6.54 Å². The summed E-state index contributed by atoms with van der Waals surface area (Å²) < 4.78 is 5.51. The molecule has 4 nitrogen and oxygen atoms in total. The minimum absolute atomic E-state index is 0.126. The van der Waals surface area contributed by atoms with Crippen LogP contribution in [0.25, 0.3) is 11.1 Å². The Morgan fingerprint density at radius 2 is 2.14 bits per heavy atom. The second-order valence-electron chi connectivity index (χ2n) is 5.05. The number of hydrogen-bond acceptors (Lipinski definition) is 3. The van der Waals surface area contributed by atoms with Crippen LogP contribution >= 0.6 is 11.6 Å². The number of halogens is 1. The number of oxazole rings is 1. The minimum Gasteiger partial charge on any atom is -0.441 e. The maximum atomic E-state index is 12.0. The van der Waals surface area contributed by atoms with Crippen molar-refractivity contribution in [2.24, 2.45) is 0 Å². The van der Waals surface area contributed by atoms with E-state index in [1.807, 2.05) is 25.1 Å². The van der Waals surface area contributed by atoms with Gasteiger partial charge in [-0.3, -0.25) is 4.79 Å². The maximum Gasteiger partial charge on any atom is 0.251 e. The van der Waals surface area contributed by atoms with E-state index in [1.54, 1.807) is 24.3 Å². The van der Waals surface area contributed by atoms with Crippen LogP contribution < -0.4 is 5.32 Å². The number of hydrogen-bond donors (Lipinski definition) is 1. The standard InChI is InChI=1S/C17H15ClN2O2/c1-11-20-15-6-5-12(9-16(15)22-11)7-8-19-17(21)13-3-2-4-14(18)10-13/h2-6,9-10H,7-8H2,1H3,(H,19,21). The van der Waals surface area contributed by atoms with Crippen molar-refractivity contribution in [3.63, 3.8) is 0 Å². The van der Waals surface area contributed by atoms with Crippen LogP contribution in [0.3, 0.4) is 0 Å². The molecule has 1 aromatic heterocycles. The van der Waals surface area contributed by atoms with Gasteiger partial charge in [0.2, 0.25) is 0 Å². The molecule has 112 valence electrons. The lowest BCUT2D eigenvalue weighted by molar-refractivity contribution is 0.0954. The average Bonchev–Trinajstić information content (AvgIpc) is 2.86. The first kappa shape index (κ1) is 14.6. The Morgan fingerprint density at radius 3 is 2.95 bits per heavy atom. The fraction of sp³-hybridized carbons (Fsp3) is 0.176. The summed E-state index contributed by atoms with van der Waals surface area (Å²) in [4.78, 5) is 16.3. The molecule has 0 saturated heterocycles. The molecule has 0 aliphatic rings. The molecule has 0 aliphatic heterocycles. The van der Waals surface area contributed by atoms with Crippen LogP contribution in [-0.4, -0.2) is 17.4 Å². The molecule has 1 amide bonds. The first-order valence-corrected chi connectivity index (χ1v) is 7.39. The van der Waals surface area contributed by atoms with Crippen molar-refractivity contribution >= 4 is 28.6 Å². The van der Waals surface area contributed by atoms with Gasteiger partial charge < -0.3 is 9.73 Å². The van der Waals surface area contributed by atoms with Gasteiger partial charge in [-0.1, -0.05) is 23.7 Å². The van der Waals surface area contributed by atoms with Gasteiger partial charge >= 0.3 is 0 Å². The first-order chi connectivity index (χ1) is 10.6. The molecule has 1 N–H and O–H groups in total. The number of fused-ring (bicyclic) bond motifs is 1. The highest BCUT2D eigenvalue weighted by molar-refractivity contribution is 6.30. The van der Waals surface area contributed by atoms with Gasteiger partial charge in [0.25, 0.3) is 5.91 Å². The third kappa shape index (κ3) is 3.28. The Bertz CT molecular complexity index is 826. The van der Waals surface area contributed by atoms with Crippen molar-refractivity contribution in [1.82, 2.24) is 10.3 Å². The van der Waals surface area contributed by atoms with E-state index in [-0.39, 0.29) is 5.91 Å². The zero-order chi connectivity index (χ0) is 15.5. The van der Waals surface area contributed by atoms with E-state index in [2.05, 4.69) is 10.3 Å². The predicted molar refractivity (Wildman–Crippen MR) is 86.2 cm³/mol. The monoisotopic (exact) mass is 314 g/mol. The zero-order valence-electron chi connectivity index (χ0n) is 12.1. The Labute approximate surface area is 133 Å². The number of nitrogens with zero attached hydrogens (tertiary/aromatic N) is 1. The molecule has 0 unspecified atom stereocenters. The van der Waals surface area contributed by atoms with Gasteiger partial charge in [-0.25, -0.2) is 4.98 Å². The molecule has 1 heterocycles. The van der Waals surface area contributed by atoms with E-state index in [0.29, 0.717) is 23.0 Å². The lowest BCUT2D eigenvalue weighted by Crippen LogP contribution is -2.25. The van der Waals surface area contributed by atoms with E-state index in [9.17, 15) is 4.79 Å². The molecule has 22 heavy (non-hydrogen) atoms. The molecule has 0 saturated carbocycles. The second kappa shape index (κ2) is 6.20. The van der Waals surface area contributed by atoms with Gasteiger partial charge in [0.15, 0.2) is 11.5 Å².